The first-order chi connectivity index (χ1) is 9.52. The van der Waals surface area contributed by atoms with Crippen molar-refractivity contribution in [3.8, 4) is 0 Å². The van der Waals surface area contributed by atoms with Crippen LogP contribution in [0.2, 0.25) is 0 Å². The Hall–Kier alpha value is -1.51. The van der Waals surface area contributed by atoms with Gasteiger partial charge in [-0.25, -0.2) is 0 Å². The second-order valence-electron chi connectivity index (χ2n) is 6.02. The van der Waals surface area contributed by atoms with Crippen molar-refractivity contribution in [2.45, 2.75) is 46.0 Å². The lowest BCUT2D eigenvalue weighted by molar-refractivity contribution is -0.136. The lowest BCUT2D eigenvalue weighted by Gasteiger charge is -2.34. The van der Waals surface area contributed by atoms with Crippen molar-refractivity contribution in [3.05, 3.63) is 29.3 Å². The molecule has 1 atom stereocenters. The smallest absolute Gasteiger partial charge is 0.225 e. The van der Waals surface area contributed by atoms with E-state index < -0.39 is 0 Å². The highest BCUT2D eigenvalue weighted by Crippen LogP contribution is 2.31. The molecule has 1 amide bonds. The molecule has 2 N–H and O–H groups in total. The molecule has 0 spiro atoms. The van der Waals surface area contributed by atoms with E-state index in [4.69, 9.17) is 5.73 Å². The zero-order chi connectivity index (χ0) is 14.7. The molecule has 1 saturated heterocycles. The Bertz CT molecular complexity index is 476. The summed E-state index contributed by atoms with van der Waals surface area (Å²) in [5.74, 6) is 1.04. The van der Waals surface area contributed by atoms with Gasteiger partial charge in [-0.05, 0) is 55.4 Å². The maximum absolute atomic E-state index is 12.2. The van der Waals surface area contributed by atoms with E-state index in [1.54, 1.807) is 0 Å². The first-order valence-corrected chi connectivity index (χ1v) is 7.67. The van der Waals surface area contributed by atoms with Crippen LogP contribution in [0.5, 0.6) is 0 Å². The Balaban J connectivity index is 1.99. The number of nitrogens with two attached hydrogens (primary N) is 1. The van der Waals surface area contributed by atoms with E-state index in [1.807, 2.05) is 24.0 Å². The van der Waals surface area contributed by atoms with Gasteiger partial charge in [0.05, 0.1) is 0 Å². The number of anilines is 1. The summed E-state index contributed by atoms with van der Waals surface area (Å²) in [6.07, 6.45) is 3.05. The lowest BCUT2D eigenvalue weighted by atomic mass is 9.86. The van der Waals surface area contributed by atoms with Crippen LogP contribution in [-0.4, -0.2) is 23.9 Å². The van der Waals surface area contributed by atoms with E-state index in [0.717, 1.165) is 38.0 Å². The van der Waals surface area contributed by atoms with Crippen molar-refractivity contribution in [1.29, 1.82) is 0 Å². The van der Waals surface area contributed by atoms with Crippen molar-refractivity contribution >= 4 is 11.6 Å². The summed E-state index contributed by atoms with van der Waals surface area (Å²) >= 11 is 0. The summed E-state index contributed by atoms with van der Waals surface area (Å²) in [5.41, 5.74) is 9.32. The van der Waals surface area contributed by atoms with Gasteiger partial charge in [-0.15, -0.1) is 0 Å². The van der Waals surface area contributed by atoms with Gasteiger partial charge >= 0.3 is 0 Å². The minimum Gasteiger partial charge on any atom is -0.399 e. The fourth-order valence-electron chi connectivity index (χ4n) is 3.05. The van der Waals surface area contributed by atoms with Crippen LogP contribution in [0.3, 0.4) is 0 Å². The number of hydrogen-bond donors (Lipinski definition) is 1. The first kappa shape index (κ1) is 14.9. The standard InChI is InChI=1S/C17H26N2O/c1-4-12(2)17(20)19-9-7-14(8-10-19)16-6-5-15(18)11-13(16)3/h5-6,11-12,14H,4,7-10,18H2,1-3H3. The first-order valence-electron chi connectivity index (χ1n) is 7.67. The average molecular weight is 274 g/mol. The molecule has 1 fully saturated rings. The zero-order valence-electron chi connectivity index (χ0n) is 12.9. The van der Waals surface area contributed by atoms with E-state index in [0.29, 0.717) is 11.8 Å². The predicted molar refractivity (Wildman–Crippen MR) is 83.6 cm³/mol. The number of likely N-dealkylation sites (tertiary alicyclic amines) is 1. The Labute approximate surface area is 122 Å². The number of benzene rings is 1. The van der Waals surface area contributed by atoms with Crippen LogP contribution in [0, 0.1) is 12.8 Å². The Morgan fingerprint density at radius 1 is 1.40 bits per heavy atom. The molecule has 1 aliphatic rings. The van der Waals surface area contributed by atoms with Gasteiger partial charge in [0, 0.05) is 24.7 Å². The number of aryl methyl sites for hydroxylation is 1. The third kappa shape index (κ3) is 3.14. The summed E-state index contributed by atoms with van der Waals surface area (Å²) < 4.78 is 0. The molecule has 3 heteroatoms. The van der Waals surface area contributed by atoms with Gasteiger partial charge in [0.25, 0.3) is 0 Å². The largest absolute Gasteiger partial charge is 0.399 e. The molecule has 20 heavy (non-hydrogen) atoms. The van der Waals surface area contributed by atoms with Gasteiger partial charge in [-0.2, -0.15) is 0 Å². The maximum Gasteiger partial charge on any atom is 0.225 e. The quantitative estimate of drug-likeness (QED) is 0.859. The molecular formula is C17H26N2O. The molecule has 0 aliphatic carbocycles. The third-order valence-electron chi connectivity index (χ3n) is 4.57. The van der Waals surface area contributed by atoms with Crippen LogP contribution in [0.15, 0.2) is 18.2 Å². The van der Waals surface area contributed by atoms with Crippen molar-refractivity contribution < 1.29 is 4.79 Å². The summed E-state index contributed by atoms with van der Waals surface area (Å²) in [7, 11) is 0. The molecule has 0 aromatic heterocycles. The minimum absolute atomic E-state index is 0.157. The van der Waals surface area contributed by atoms with E-state index >= 15 is 0 Å². The van der Waals surface area contributed by atoms with Crippen molar-refractivity contribution in [1.82, 2.24) is 4.90 Å². The fourth-order valence-corrected chi connectivity index (χ4v) is 3.05. The van der Waals surface area contributed by atoms with Crippen LogP contribution in [0.4, 0.5) is 5.69 Å². The Morgan fingerprint density at radius 2 is 2.05 bits per heavy atom. The topological polar surface area (TPSA) is 46.3 Å². The summed E-state index contributed by atoms with van der Waals surface area (Å²) in [5, 5.41) is 0. The van der Waals surface area contributed by atoms with Gasteiger partial charge < -0.3 is 10.6 Å². The van der Waals surface area contributed by atoms with Crippen molar-refractivity contribution in [3.63, 3.8) is 0 Å². The molecule has 1 aliphatic heterocycles. The summed E-state index contributed by atoms with van der Waals surface area (Å²) in [6.45, 7) is 8.00. The highest BCUT2D eigenvalue weighted by atomic mass is 16.2. The molecule has 1 aromatic carbocycles. The van der Waals surface area contributed by atoms with E-state index in [9.17, 15) is 4.79 Å². The van der Waals surface area contributed by atoms with E-state index in [2.05, 4.69) is 19.9 Å². The number of piperidine rings is 1. The number of carbonyl (C=O) groups excluding carboxylic acids is 1. The van der Waals surface area contributed by atoms with Gasteiger partial charge in [0.2, 0.25) is 5.91 Å². The minimum atomic E-state index is 0.157. The average Bonchev–Trinajstić information content (AvgIpc) is 2.46. The number of hydrogen-bond acceptors (Lipinski definition) is 2. The third-order valence-corrected chi connectivity index (χ3v) is 4.57. The molecule has 3 nitrogen and oxygen atoms in total. The lowest BCUT2D eigenvalue weighted by Crippen LogP contribution is -2.40. The predicted octanol–water partition coefficient (Wildman–Crippen LogP) is 3.33. The molecule has 0 radical (unpaired) electrons. The fraction of sp³-hybridized carbons (Fsp3) is 0.588. The Morgan fingerprint density at radius 3 is 2.60 bits per heavy atom. The normalized spacial score (nSPS) is 18.1. The molecule has 2 rings (SSSR count). The number of amides is 1. The monoisotopic (exact) mass is 274 g/mol. The highest BCUT2D eigenvalue weighted by Gasteiger charge is 2.26. The van der Waals surface area contributed by atoms with Crippen molar-refractivity contribution in [2.24, 2.45) is 5.92 Å². The highest BCUT2D eigenvalue weighted by molar-refractivity contribution is 5.78. The maximum atomic E-state index is 12.2. The van der Waals surface area contributed by atoms with Gasteiger partial charge in [0.15, 0.2) is 0 Å². The van der Waals surface area contributed by atoms with Gasteiger partial charge in [-0.3, -0.25) is 4.79 Å². The molecule has 1 heterocycles. The van der Waals surface area contributed by atoms with Crippen LogP contribution in [0.25, 0.3) is 0 Å². The second kappa shape index (κ2) is 6.29. The number of carbonyl (C=O) groups is 1. The summed E-state index contributed by atoms with van der Waals surface area (Å²) in [6, 6.07) is 6.19. The van der Waals surface area contributed by atoms with Gasteiger partial charge in [0.1, 0.15) is 0 Å². The van der Waals surface area contributed by atoms with Crippen LogP contribution < -0.4 is 5.73 Å². The molecule has 110 valence electrons. The van der Waals surface area contributed by atoms with Crippen LogP contribution in [-0.2, 0) is 4.79 Å². The van der Waals surface area contributed by atoms with E-state index in [1.165, 1.54) is 11.1 Å². The number of rotatable bonds is 3. The molecule has 1 unspecified atom stereocenters. The number of nitrogens with zero attached hydrogens (tertiary/aromatic N) is 1. The van der Waals surface area contributed by atoms with Crippen molar-refractivity contribution in [2.75, 3.05) is 18.8 Å². The van der Waals surface area contributed by atoms with Crippen LogP contribution in [0.1, 0.15) is 50.2 Å². The number of nitrogen functional groups attached to an aromatic ring is 1. The van der Waals surface area contributed by atoms with E-state index in [-0.39, 0.29) is 5.92 Å². The summed E-state index contributed by atoms with van der Waals surface area (Å²) in [4.78, 5) is 14.2. The SMILES string of the molecule is CCC(C)C(=O)N1CCC(c2ccc(N)cc2C)CC1. The van der Waals surface area contributed by atoms with Crippen LogP contribution >= 0.6 is 0 Å². The second-order valence-corrected chi connectivity index (χ2v) is 6.02. The van der Waals surface area contributed by atoms with Gasteiger partial charge in [-0.1, -0.05) is 19.9 Å². The molecule has 1 aromatic rings. The molecular weight excluding hydrogens is 248 g/mol. The zero-order valence-corrected chi connectivity index (χ0v) is 12.9. The molecule has 0 saturated carbocycles. The molecule has 0 bridgehead atoms. The Kier molecular flexibility index (Phi) is 4.69.